The Morgan fingerprint density at radius 3 is 2.40 bits per heavy atom. The molecule has 0 amide bonds. The molecule has 0 bridgehead atoms. The Balaban J connectivity index is 2.58. The summed E-state index contributed by atoms with van der Waals surface area (Å²) in [6.07, 6.45) is 1.09. The van der Waals surface area contributed by atoms with Crippen molar-refractivity contribution in [2.75, 3.05) is 17.3 Å². The van der Waals surface area contributed by atoms with E-state index in [9.17, 15) is 13.2 Å². The molecule has 0 saturated heterocycles. The molecular weight excluding hydrogens is 296 g/mol. The molecule has 0 spiro atoms. The van der Waals surface area contributed by atoms with Crippen molar-refractivity contribution in [2.45, 2.75) is 25.2 Å². The fourth-order valence-electron chi connectivity index (χ4n) is 1.49. The molecule has 0 fully saturated rings. The Morgan fingerprint density at radius 1 is 1.30 bits per heavy atom. The highest BCUT2D eigenvalue weighted by Gasteiger charge is 2.15. The number of rotatable bonds is 8. The number of carbonyl (C=O) groups is 1. The lowest BCUT2D eigenvalue weighted by atomic mass is 10.2. The average molecular weight is 316 g/mol. The highest BCUT2D eigenvalue weighted by Crippen LogP contribution is 2.16. The monoisotopic (exact) mass is 316 g/mol. The van der Waals surface area contributed by atoms with Crippen molar-refractivity contribution in [1.29, 1.82) is 0 Å². The summed E-state index contributed by atoms with van der Waals surface area (Å²) < 4.78 is 24.1. The molecule has 112 valence electrons. The normalized spacial score (nSPS) is 13.1. The first kappa shape index (κ1) is 17.0. The molecule has 6 heteroatoms. The molecule has 1 atom stereocenters. The molecule has 0 aliphatic carbocycles. The van der Waals surface area contributed by atoms with Crippen molar-refractivity contribution in [2.24, 2.45) is 5.92 Å². The van der Waals surface area contributed by atoms with E-state index < -0.39 is 15.8 Å². The second-order valence-electron chi connectivity index (χ2n) is 4.74. The summed E-state index contributed by atoms with van der Waals surface area (Å²) in [5, 5.41) is 8.77. The first-order chi connectivity index (χ1) is 9.36. The predicted octanol–water partition coefficient (Wildman–Crippen LogP) is 2.94. The molecule has 1 rings (SSSR count). The number of thioether (sulfide) groups is 1. The Labute approximate surface area is 124 Å². The highest BCUT2D eigenvalue weighted by atomic mass is 32.2. The number of carboxylic acid groups (broad SMARTS) is 1. The minimum Gasteiger partial charge on any atom is -0.478 e. The smallest absolute Gasteiger partial charge is 0.335 e. The van der Waals surface area contributed by atoms with Gasteiger partial charge in [0.25, 0.3) is 0 Å². The second kappa shape index (κ2) is 7.69. The zero-order valence-corrected chi connectivity index (χ0v) is 13.3. The third-order valence-corrected chi connectivity index (χ3v) is 6.34. The molecule has 20 heavy (non-hydrogen) atoms. The Morgan fingerprint density at radius 2 is 1.90 bits per heavy atom. The van der Waals surface area contributed by atoms with Gasteiger partial charge < -0.3 is 5.11 Å². The molecule has 1 N–H and O–H groups in total. The maximum absolute atomic E-state index is 12.1. The Hall–Kier alpha value is -1.01. The predicted molar refractivity (Wildman–Crippen MR) is 82.2 cm³/mol. The van der Waals surface area contributed by atoms with Gasteiger partial charge in [0.2, 0.25) is 0 Å². The fourth-order valence-corrected chi connectivity index (χ4v) is 4.43. The molecule has 1 unspecified atom stereocenters. The van der Waals surface area contributed by atoms with E-state index in [0.29, 0.717) is 11.7 Å². The molecule has 0 radical (unpaired) electrons. The first-order valence-electron chi connectivity index (χ1n) is 6.50. The molecule has 4 nitrogen and oxygen atoms in total. The third kappa shape index (κ3) is 5.17. The van der Waals surface area contributed by atoms with E-state index in [-0.39, 0.29) is 16.2 Å². The highest BCUT2D eigenvalue weighted by molar-refractivity contribution is 8.00. The lowest BCUT2D eigenvalue weighted by molar-refractivity contribution is 0.0696. The van der Waals surface area contributed by atoms with Gasteiger partial charge in [-0.25, -0.2) is 13.2 Å². The van der Waals surface area contributed by atoms with E-state index >= 15 is 0 Å². The van der Waals surface area contributed by atoms with Crippen LogP contribution in [-0.2, 0) is 9.84 Å². The third-order valence-electron chi connectivity index (χ3n) is 3.06. The van der Waals surface area contributed by atoms with Gasteiger partial charge in [-0.05, 0) is 35.9 Å². The van der Waals surface area contributed by atoms with Crippen LogP contribution in [0.1, 0.15) is 30.6 Å². The number of hydrogen-bond acceptors (Lipinski definition) is 4. The minimum atomic E-state index is -3.32. The SMILES string of the molecule is CCC(C)CSCCS(=O)(=O)c1ccc(C(=O)O)cc1. The van der Waals surface area contributed by atoms with Gasteiger partial charge >= 0.3 is 5.97 Å². The average Bonchev–Trinajstić information content (AvgIpc) is 2.43. The van der Waals surface area contributed by atoms with Crippen LogP contribution in [0.5, 0.6) is 0 Å². The van der Waals surface area contributed by atoms with E-state index in [1.807, 2.05) is 0 Å². The van der Waals surface area contributed by atoms with Crippen molar-refractivity contribution < 1.29 is 18.3 Å². The number of sulfone groups is 1. The van der Waals surface area contributed by atoms with Gasteiger partial charge in [-0.15, -0.1) is 0 Å². The van der Waals surface area contributed by atoms with Crippen LogP contribution in [0.4, 0.5) is 0 Å². The van der Waals surface area contributed by atoms with Crippen LogP contribution < -0.4 is 0 Å². The lowest BCUT2D eigenvalue weighted by Crippen LogP contribution is -2.10. The van der Waals surface area contributed by atoms with E-state index in [0.717, 1.165) is 12.2 Å². The van der Waals surface area contributed by atoms with Crippen molar-refractivity contribution in [1.82, 2.24) is 0 Å². The van der Waals surface area contributed by atoms with E-state index in [1.54, 1.807) is 11.8 Å². The van der Waals surface area contributed by atoms with Crippen molar-refractivity contribution in [3.63, 3.8) is 0 Å². The summed E-state index contributed by atoms with van der Waals surface area (Å²) in [4.78, 5) is 10.9. The Kier molecular flexibility index (Phi) is 6.55. The first-order valence-corrected chi connectivity index (χ1v) is 9.31. The van der Waals surface area contributed by atoms with Crippen LogP contribution in [0.2, 0.25) is 0 Å². The number of benzene rings is 1. The largest absolute Gasteiger partial charge is 0.478 e. The van der Waals surface area contributed by atoms with Gasteiger partial charge in [0.15, 0.2) is 9.84 Å². The number of carboxylic acids is 1. The van der Waals surface area contributed by atoms with Gasteiger partial charge in [-0.1, -0.05) is 20.3 Å². The van der Waals surface area contributed by atoms with Crippen LogP contribution in [0.3, 0.4) is 0 Å². The van der Waals surface area contributed by atoms with Crippen LogP contribution in [0, 0.1) is 5.92 Å². The van der Waals surface area contributed by atoms with Gasteiger partial charge in [-0.3, -0.25) is 0 Å². The topological polar surface area (TPSA) is 71.4 Å². The summed E-state index contributed by atoms with van der Waals surface area (Å²) in [6, 6.07) is 5.36. The standard InChI is InChI=1S/C14H20O4S2/c1-3-11(2)10-19-8-9-20(17,18)13-6-4-12(5-7-13)14(15)16/h4-7,11H,3,8-10H2,1-2H3,(H,15,16). The lowest BCUT2D eigenvalue weighted by Gasteiger charge is -2.08. The van der Waals surface area contributed by atoms with Crippen molar-refractivity contribution in [3.8, 4) is 0 Å². The van der Waals surface area contributed by atoms with Gasteiger partial charge in [0.1, 0.15) is 0 Å². The van der Waals surface area contributed by atoms with Crippen LogP contribution in [-0.4, -0.2) is 36.8 Å². The van der Waals surface area contributed by atoms with Gasteiger partial charge in [0, 0.05) is 5.75 Å². The summed E-state index contributed by atoms with van der Waals surface area (Å²) in [6.45, 7) is 4.26. The summed E-state index contributed by atoms with van der Waals surface area (Å²) in [7, 11) is -3.32. The van der Waals surface area contributed by atoms with E-state index in [4.69, 9.17) is 5.11 Å². The van der Waals surface area contributed by atoms with Crippen LogP contribution in [0.25, 0.3) is 0 Å². The number of aromatic carboxylic acids is 1. The zero-order chi connectivity index (χ0) is 15.2. The van der Waals surface area contributed by atoms with Crippen molar-refractivity contribution in [3.05, 3.63) is 29.8 Å². The summed E-state index contributed by atoms with van der Waals surface area (Å²) >= 11 is 1.64. The molecule has 0 aliphatic heterocycles. The molecule has 1 aromatic rings. The van der Waals surface area contributed by atoms with Crippen LogP contribution >= 0.6 is 11.8 Å². The molecule has 0 aliphatic rings. The van der Waals surface area contributed by atoms with E-state index in [2.05, 4.69) is 13.8 Å². The van der Waals surface area contributed by atoms with Gasteiger partial charge in [-0.2, -0.15) is 11.8 Å². The molecule has 0 saturated carbocycles. The van der Waals surface area contributed by atoms with Gasteiger partial charge in [0.05, 0.1) is 16.2 Å². The maximum Gasteiger partial charge on any atom is 0.335 e. The fraction of sp³-hybridized carbons (Fsp3) is 0.500. The summed E-state index contributed by atoms with van der Waals surface area (Å²) in [5.74, 6) is 1.15. The maximum atomic E-state index is 12.1. The molecular formula is C14H20O4S2. The summed E-state index contributed by atoms with van der Waals surface area (Å²) in [5.41, 5.74) is 0.0927. The zero-order valence-electron chi connectivity index (χ0n) is 11.7. The van der Waals surface area contributed by atoms with Crippen molar-refractivity contribution >= 4 is 27.6 Å². The quantitative estimate of drug-likeness (QED) is 0.747. The molecule has 0 aromatic heterocycles. The molecule has 0 heterocycles. The second-order valence-corrected chi connectivity index (χ2v) is 8.00. The number of hydrogen-bond donors (Lipinski definition) is 1. The van der Waals surface area contributed by atoms with E-state index in [1.165, 1.54) is 24.3 Å². The minimum absolute atomic E-state index is 0.0838. The Bertz CT molecular complexity index is 535. The van der Waals surface area contributed by atoms with Crippen LogP contribution in [0.15, 0.2) is 29.2 Å². The molecule has 1 aromatic carbocycles.